The normalized spacial score (nSPS) is 11.0. The quantitative estimate of drug-likeness (QED) is 0.633. The minimum absolute atomic E-state index is 0.0865. The van der Waals surface area contributed by atoms with Gasteiger partial charge in [-0.05, 0) is 56.1 Å². The lowest BCUT2D eigenvalue weighted by Gasteiger charge is -2.08. The Kier molecular flexibility index (Phi) is 3.60. The van der Waals surface area contributed by atoms with E-state index in [4.69, 9.17) is 0 Å². The van der Waals surface area contributed by atoms with Gasteiger partial charge in [0.1, 0.15) is 0 Å². The summed E-state index contributed by atoms with van der Waals surface area (Å²) in [5.74, 6) is 0.0865. The summed E-state index contributed by atoms with van der Waals surface area (Å²) < 4.78 is 2.03. The van der Waals surface area contributed by atoms with Gasteiger partial charge in [0.15, 0.2) is 5.78 Å². The molecule has 0 N–H and O–H groups in total. The van der Waals surface area contributed by atoms with Gasteiger partial charge in [-0.2, -0.15) is 0 Å². The minimum Gasteiger partial charge on any atom is -0.293 e. The minimum atomic E-state index is 0.0865. The van der Waals surface area contributed by atoms with Crippen LogP contribution in [0.2, 0.25) is 0 Å². The predicted octanol–water partition coefficient (Wildman–Crippen LogP) is 5.02. The number of nitrogens with zero attached hydrogens (tertiary/aromatic N) is 1. The van der Waals surface area contributed by atoms with E-state index in [1.807, 2.05) is 10.0 Å². The van der Waals surface area contributed by atoms with Crippen LogP contribution in [0.3, 0.4) is 0 Å². The second kappa shape index (κ2) is 5.41. The lowest BCUT2D eigenvalue weighted by atomic mass is 10.2. The van der Waals surface area contributed by atoms with Crippen molar-refractivity contribution >= 4 is 28.6 Å². The van der Waals surface area contributed by atoms with Crippen LogP contribution in [0.1, 0.15) is 28.5 Å². The number of fused-ring (bicyclic) bond motifs is 1. The van der Waals surface area contributed by atoms with Gasteiger partial charge in [0.2, 0.25) is 0 Å². The maximum absolute atomic E-state index is 11.9. The largest absolute Gasteiger partial charge is 0.293 e. The van der Waals surface area contributed by atoms with E-state index in [2.05, 4.69) is 56.3 Å². The highest BCUT2D eigenvalue weighted by Gasteiger charge is 2.13. The molecule has 1 heterocycles. The molecule has 106 valence electrons. The molecule has 0 fully saturated rings. The van der Waals surface area contributed by atoms with Gasteiger partial charge < -0.3 is 0 Å². The second-order valence-electron chi connectivity index (χ2n) is 5.35. The molecule has 0 aliphatic carbocycles. The van der Waals surface area contributed by atoms with Gasteiger partial charge >= 0.3 is 0 Å². The lowest BCUT2D eigenvalue weighted by Crippen LogP contribution is -1.99. The average Bonchev–Trinajstić information content (AvgIpc) is 2.79. The Hall–Kier alpha value is -2.00. The number of carbonyl (C=O) groups excluding carboxylic acids is 1. The fourth-order valence-electron chi connectivity index (χ4n) is 2.36. The lowest BCUT2D eigenvalue weighted by molar-refractivity contribution is 0.101. The summed E-state index contributed by atoms with van der Waals surface area (Å²) in [6.07, 6.45) is 0. The Morgan fingerprint density at radius 3 is 2.29 bits per heavy atom. The van der Waals surface area contributed by atoms with Crippen LogP contribution in [0.15, 0.2) is 53.4 Å². The Morgan fingerprint density at radius 2 is 1.62 bits per heavy atom. The zero-order valence-corrected chi connectivity index (χ0v) is 13.2. The molecule has 0 spiro atoms. The molecule has 0 saturated heterocycles. The SMILES string of the molecule is CC(=O)c1cc2cc(C)ccc2n1Sc1ccc(C)cc1. The van der Waals surface area contributed by atoms with E-state index >= 15 is 0 Å². The van der Waals surface area contributed by atoms with Gasteiger partial charge in [-0.1, -0.05) is 29.3 Å². The molecule has 3 aromatic rings. The molecule has 0 aliphatic heterocycles. The number of carbonyl (C=O) groups is 1. The zero-order valence-electron chi connectivity index (χ0n) is 12.4. The highest BCUT2D eigenvalue weighted by molar-refractivity contribution is 7.98. The van der Waals surface area contributed by atoms with E-state index < -0.39 is 0 Å². The van der Waals surface area contributed by atoms with Gasteiger partial charge in [0.05, 0.1) is 11.2 Å². The number of hydrogen-bond acceptors (Lipinski definition) is 2. The van der Waals surface area contributed by atoms with Crippen LogP contribution in [-0.4, -0.2) is 9.76 Å². The van der Waals surface area contributed by atoms with Crippen LogP contribution in [0.25, 0.3) is 10.9 Å². The number of benzene rings is 2. The smallest absolute Gasteiger partial charge is 0.177 e. The summed E-state index contributed by atoms with van der Waals surface area (Å²) >= 11 is 1.59. The maximum atomic E-state index is 11.9. The molecular formula is C18H17NOS. The molecular weight excluding hydrogens is 278 g/mol. The predicted molar refractivity (Wildman–Crippen MR) is 89.1 cm³/mol. The van der Waals surface area contributed by atoms with Gasteiger partial charge in [-0.15, -0.1) is 0 Å². The standard InChI is InChI=1S/C18H17NOS/c1-12-4-7-16(8-5-12)21-19-17-9-6-13(2)10-15(17)11-18(19)14(3)20/h4-11H,1-3H3. The number of ketones is 1. The fraction of sp³-hybridized carbons (Fsp3) is 0.167. The average molecular weight is 295 g/mol. The van der Waals surface area contributed by atoms with Gasteiger partial charge in [-0.3, -0.25) is 8.77 Å². The molecule has 0 atom stereocenters. The van der Waals surface area contributed by atoms with Crippen LogP contribution >= 0.6 is 11.9 Å². The summed E-state index contributed by atoms with van der Waals surface area (Å²) in [6, 6.07) is 16.6. The third-order valence-corrected chi connectivity index (χ3v) is 4.55. The van der Waals surface area contributed by atoms with Crippen LogP contribution in [-0.2, 0) is 0 Å². The highest BCUT2D eigenvalue weighted by atomic mass is 32.2. The molecule has 0 aliphatic rings. The molecule has 0 bridgehead atoms. The van der Waals surface area contributed by atoms with Crippen molar-refractivity contribution in [2.45, 2.75) is 25.7 Å². The topological polar surface area (TPSA) is 22.0 Å². The maximum Gasteiger partial charge on any atom is 0.177 e. The van der Waals surface area contributed by atoms with E-state index in [1.165, 1.54) is 11.1 Å². The van der Waals surface area contributed by atoms with Gasteiger partial charge in [0.25, 0.3) is 0 Å². The van der Waals surface area contributed by atoms with Crippen molar-refractivity contribution in [2.75, 3.05) is 0 Å². The Morgan fingerprint density at radius 1 is 0.952 bits per heavy atom. The van der Waals surface area contributed by atoms with Gasteiger partial charge in [0, 0.05) is 17.2 Å². The molecule has 0 unspecified atom stereocenters. The van der Waals surface area contributed by atoms with Crippen LogP contribution in [0, 0.1) is 13.8 Å². The number of rotatable bonds is 3. The highest BCUT2D eigenvalue weighted by Crippen LogP contribution is 2.30. The summed E-state index contributed by atoms with van der Waals surface area (Å²) in [7, 11) is 0. The van der Waals surface area contributed by atoms with E-state index in [1.54, 1.807) is 18.9 Å². The first-order valence-corrected chi connectivity index (χ1v) is 7.70. The van der Waals surface area contributed by atoms with Crippen LogP contribution in [0.5, 0.6) is 0 Å². The van der Waals surface area contributed by atoms with Crippen LogP contribution in [0.4, 0.5) is 0 Å². The molecule has 2 nitrogen and oxygen atoms in total. The monoisotopic (exact) mass is 295 g/mol. The van der Waals surface area contributed by atoms with Crippen molar-refractivity contribution in [3.8, 4) is 0 Å². The Labute approximate surface area is 128 Å². The van der Waals surface area contributed by atoms with Crippen LogP contribution < -0.4 is 0 Å². The zero-order chi connectivity index (χ0) is 15.0. The first-order chi connectivity index (χ1) is 10.0. The second-order valence-corrected chi connectivity index (χ2v) is 6.37. The van der Waals surface area contributed by atoms with E-state index in [0.717, 1.165) is 21.5 Å². The first kappa shape index (κ1) is 14.0. The Balaban J connectivity index is 2.13. The molecule has 2 aromatic carbocycles. The molecule has 0 saturated carbocycles. The Bertz CT molecular complexity index is 815. The van der Waals surface area contributed by atoms with Crippen molar-refractivity contribution in [1.82, 2.24) is 3.97 Å². The van der Waals surface area contributed by atoms with E-state index in [-0.39, 0.29) is 5.78 Å². The van der Waals surface area contributed by atoms with Crippen molar-refractivity contribution in [3.63, 3.8) is 0 Å². The summed E-state index contributed by atoms with van der Waals surface area (Å²) in [6.45, 7) is 5.76. The van der Waals surface area contributed by atoms with Crippen molar-refractivity contribution in [3.05, 3.63) is 65.4 Å². The first-order valence-electron chi connectivity index (χ1n) is 6.92. The van der Waals surface area contributed by atoms with Crippen molar-refractivity contribution < 1.29 is 4.79 Å². The summed E-state index contributed by atoms with van der Waals surface area (Å²) in [5, 5.41) is 1.11. The number of aromatic nitrogens is 1. The number of aryl methyl sites for hydroxylation is 2. The van der Waals surface area contributed by atoms with Crippen molar-refractivity contribution in [1.29, 1.82) is 0 Å². The van der Waals surface area contributed by atoms with Gasteiger partial charge in [-0.25, -0.2) is 0 Å². The van der Waals surface area contributed by atoms with Crippen molar-refractivity contribution in [2.24, 2.45) is 0 Å². The van der Waals surface area contributed by atoms with E-state index in [0.29, 0.717) is 0 Å². The summed E-state index contributed by atoms with van der Waals surface area (Å²) in [5.41, 5.74) is 4.26. The molecule has 0 amide bonds. The molecule has 3 heteroatoms. The third-order valence-electron chi connectivity index (χ3n) is 3.49. The molecule has 3 rings (SSSR count). The third kappa shape index (κ3) is 2.74. The molecule has 1 aromatic heterocycles. The summed E-state index contributed by atoms with van der Waals surface area (Å²) in [4.78, 5) is 13.1. The molecule has 0 radical (unpaired) electrons. The number of Topliss-reactive ketones (excluding diaryl/α,β-unsaturated/α-hetero) is 1. The van der Waals surface area contributed by atoms with E-state index in [9.17, 15) is 4.79 Å². The fourth-order valence-corrected chi connectivity index (χ4v) is 3.37. The molecule has 21 heavy (non-hydrogen) atoms. The number of hydrogen-bond donors (Lipinski definition) is 0.